The van der Waals surface area contributed by atoms with Gasteiger partial charge in [0.2, 0.25) is 0 Å². The number of ether oxygens (including phenoxy) is 3. The minimum atomic E-state index is -0.829. The average Bonchev–Trinajstić information content (AvgIpc) is 3.22. The van der Waals surface area contributed by atoms with E-state index < -0.39 is 12.1 Å². The molecule has 0 radical (unpaired) electrons. The second-order valence-corrected chi connectivity index (χ2v) is 15.6. The molecule has 0 aromatic carbocycles. The van der Waals surface area contributed by atoms with Crippen LogP contribution in [0.3, 0.4) is 0 Å². The Hall–Kier alpha value is -3.15. The Morgan fingerprint density at radius 3 is 1.14 bits per heavy atom. The van der Waals surface area contributed by atoms with Gasteiger partial charge in [0.15, 0.2) is 6.10 Å². The summed E-state index contributed by atoms with van der Waals surface area (Å²) in [5.41, 5.74) is 0. The van der Waals surface area contributed by atoms with Gasteiger partial charge in [-0.05, 0) is 83.5 Å². The molecular formula is C52H88O6. The Bertz CT molecular complexity index is 1110. The number of rotatable bonds is 42. The molecule has 0 bridgehead atoms. The highest BCUT2D eigenvalue weighted by Crippen LogP contribution is 2.12. The lowest BCUT2D eigenvalue weighted by molar-refractivity contribution is -0.166. The Labute approximate surface area is 357 Å². The lowest BCUT2D eigenvalue weighted by Gasteiger charge is -2.18. The average molecular weight is 809 g/mol. The molecule has 0 aliphatic heterocycles. The van der Waals surface area contributed by atoms with Crippen molar-refractivity contribution >= 4 is 17.9 Å². The summed E-state index contributed by atoms with van der Waals surface area (Å²) in [6.07, 6.45) is 57.7. The van der Waals surface area contributed by atoms with Crippen LogP contribution in [0.5, 0.6) is 0 Å². The van der Waals surface area contributed by atoms with Crippen LogP contribution in [0.15, 0.2) is 72.9 Å². The highest BCUT2D eigenvalue weighted by atomic mass is 16.6. The third kappa shape index (κ3) is 44.0. The van der Waals surface area contributed by atoms with E-state index in [1.54, 1.807) is 0 Å². The molecule has 1 atom stereocenters. The number of unbranched alkanes of at least 4 members (excludes halogenated alkanes) is 19. The predicted molar refractivity (Wildman–Crippen MR) is 247 cm³/mol. The fourth-order valence-corrected chi connectivity index (χ4v) is 6.35. The molecule has 0 saturated heterocycles. The van der Waals surface area contributed by atoms with Crippen molar-refractivity contribution in [2.75, 3.05) is 13.2 Å². The molecule has 0 N–H and O–H groups in total. The van der Waals surface area contributed by atoms with Crippen LogP contribution in [0.1, 0.15) is 220 Å². The molecule has 0 heterocycles. The summed E-state index contributed by atoms with van der Waals surface area (Å²) >= 11 is 0. The summed E-state index contributed by atoms with van der Waals surface area (Å²) in [6, 6.07) is 0. The topological polar surface area (TPSA) is 78.9 Å². The van der Waals surface area contributed by atoms with Gasteiger partial charge in [-0.2, -0.15) is 0 Å². The van der Waals surface area contributed by atoms with E-state index >= 15 is 0 Å². The van der Waals surface area contributed by atoms with Crippen LogP contribution in [0.25, 0.3) is 0 Å². The van der Waals surface area contributed by atoms with Crippen LogP contribution >= 0.6 is 0 Å². The molecule has 0 spiro atoms. The molecule has 0 amide bonds. The maximum Gasteiger partial charge on any atom is 0.306 e. The van der Waals surface area contributed by atoms with Crippen LogP contribution in [0.2, 0.25) is 0 Å². The van der Waals surface area contributed by atoms with Crippen molar-refractivity contribution < 1.29 is 28.6 Å². The number of carbonyl (C=O) groups excluding carboxylic acids is 3. The van der Waals surface area contributed by atoms with E-state index in [0.29, 0.717) is 19.3 Å². The van der Waals surface area contributed by atoms with Crippen molar-refractivity contribution in [2.24, 2.45) is 0 Å². The lowest BCUT2D eigenvalue weighted by atomic mass is 10.1. The third-order valence-electron chi connectivity index (χ3n) is 9.94. The summed E-state index contributed by atoms with van der Waals surface area (Å²) in [5.74, 6) is -1.07. The van der Waals surface area contributed by atoms with Crippen molar-refractivity contribution in [3.63, 3.8) is 0 Å². The zero-order valence-electron chi connectivity index (χ0n) is 37.8. The summed E-state index contributed by atoms with van der Waals surface area (Å²) in [5, 5.41) is 0. The first-order chi connectivity index (χ1) is 28.5. The van der Waals surface area contributed by atoms with E-state index in [4.69, 9.17) is 14.2 Å². The van der Waals surface area contributed by atoms with Gasteiger partial charge in [0.25, 0.3) is 0 Å². The Kier molecular flexibility index (Phi) is 44.0. The van der Waals surface area contributed by atoms with Crippen LogP contribution in [-0.2, 0) is 28.6 Å². The van der Waals surface area contributed by atoms with E-state index in [-0.39, 0.29) is 38.0 Å². The number of carbonyl (C=O) groups is 3. The molecule has 332 valence electrons. The van der Waals surface area contributed by atoms with Gasteiger partial charge in [-0.1, -0.05) is 190 Å². The summed E-state index contributed by atoms with van der Waals surface area (Å²) in [4.78, 5) is 37.7. The van der Waals surface area contributed by atoms with E-state index in [0.717, 1.165) is 64.2 Å². The fraction of sp³-hybridized carbons (Fsp3) is 0.712. The van der Waals surface area contributed by atoms with Gasteiger partial charge >= 0.3 is 17.9 Å². The first-order valence-electron chi connectivity index (χ1n) is 23.9. The molecule has 6 nitrogen and oxygen atoms in total. The largest absolute Gasteiger partial charge is 0.462 e. The molecule has 0 aliphatic rings. The second kappa shape index (κ2) is 46.5. The maximum atomic E-state index is 12.7. The zero-order valence-corrected chi connectivity index (χ0v) is 37.8. The van der Waals surface area contributed by atoms with Crippen molar-refractivity contribution in [1.82, 2.24) is 0 Å². The minimum absolute atomic E-state index is 0.120. The van der Waals surface area contributed by atoms with Gasteiger partial charge in [0.05, 0.1) is 0 Å². The van der Waals surface area contributed by atoms with Gasteiger partial charge in [0, 0.05) is 19.3 Å². The standard InChI is InChI=1S/C52H88O6/c1-4-7-10-13-16-19-22-25-28-30-33-36-39-42-45-51(54)57-48-49(58-52(55)46-43-40-37-34-31-27-24-21-18-15-12-9-6-3)47-56-50(53)44-41-38-35-32-29-26-23-20-17-14-11-8-5-2/h7,10,16,19,26-27,29,31,35,37-38,40,49H,4-6,8-9,11-15,17-18,20-25,28,30,32-34,36,39,41-48H2,1-3H3/b10-7-,19-16-,29-26-,31-27-,38-35-,40-37-. The number of hydrogen-bond acceptors (Lipinski definition) is 6. The predicted octanol–water partition coefficient (Wildman–Crippen LogP) is 15.5. The van der Waals surface area contributed by atoms with Crippen LogP contribution in [0.4, 0.5) is 0 Å². The minimum Gasteiger partial charge on any atom is -0.462 e. The Morgan fingerprint density at radius 1 is 0.362 bits per heavy atom. The maximum absolute atomic E-state index is 12.7. The molecular weight excluding hydrogens is 721 g/mol. The number of allylic oxidation sites excluding steroid dienone is 12. The quantitative estimate of drug-likeness (QED) is 0.0264. The van der Waals surface area contributed by atoms with Gasteiger partial charge < -0.3 is 14.2 Å². The molecule has 0 rings (SSSR count). The van der Waals surface area contributed by atoms with Gasteiger partial charge in [-0.15, -0.1) is 0 Å². The summed E-state index contributed by atoms with van der Waals surface area (Å²) < 4.78 is 16.6. The SMILES string of the molecule is CC/C=C\C/C=C\CCCCCCCCCC(=O)OCC(COC(=O)CC/C=C\C/C=C\CCCCCCCC)OC(=O)CC/C=C\C/C=C\CCCCCCCC. The van der Waals surface area contributed by atoms with E-state index in [2.05, 4.69) is 81.5 Å². The van der Waals surface area contributed by atoms with Crippen molar-refractivity contribution in [3.05, 3.63) is 72.9 Å². The lowest BCUT2D eigenvalue weighted by Crippen LogP contribution is -2.30. The van der Waals surface area contributed by atoms with Gasteiger partial charge in [-0.25, -0.2) is 0 Å². The molecule has 58 heavy (non-hydrogen) atoms. The summed E-state index contributed by atoms with van der Waals surface area (Å²) in [7, 11) is 0. The Morgan fingerprint density at radius 2 is 0.707 bits per heavy atom. The van der Waals surface area contributed by atoms with Crippen LogP contribution in [0, 0.1) is 0 Å². The molecule has 0 saturated carbocycles. The monoisotopic (exact) mass is 809 g/mol. The van der Waals surface area contributed by atoms with Gasteiger partial charge in [0.1, 0.15) is 13.2 Å². The first-order valence-corrected chi connectivity index (χ1v) is 23.9. The second-order valence-electron chi connectivity index (χ2n) is 15.6. The third-order valence-corrected chi connectivity index (χ3v) is 9.94. The summed E-state index contributed by atoms with van der Waals surface area (Å²) in [6.45, 7) is 6.39. The molecule has 0 fully saturated rings. The molecule has 0 aromatic rings. The highest BCUT2D eigenvalue weighted by molar-refractivity contribution is 5.71. The van der Waals surface area contributed by atoms with Gasteiger partial charge in [-0.3, -0.25) is 14.4 Å². The van der Waals surface area contributed by atoms with E-state index in [9.17, 15) is 14.4 Å². The smallest absolute Gasteiger partial charge is 0.306 e. The molecule has 6 heteroatoms. The molecule has 0 aromatic heterocycles. The molecule has 1 unspecified atom stereocenters. The number of hydrogen-bond donors (Lipinski definition) is 0. The highest BCUT2D eigenvalue weighted by Gasteiger charge is 2.19. The number of esters is 3. The van der Waals surface area contributed by atoms with Crippen LogP contribution in [-0.4, -0.2) is 37.2 Å². The molecule has 0 aliphatic carbocycles. The van der Waals surface area contributed by atoms with E-state index in [1.807, 2.05) is 12.2 Å². The fourth-order valence-electron chi connectivity index (χ4n) is 6.35. The van der Waals surface area contributed by atoms with E-state index in [1.165, 1.54) is 103 Å². The Balaban J connectivity index is 4.53. The van der Waals surface area contributed by atoms with Crippen molar-refractivity contribution in [3.8, 4) is 0 Å². The van der Waals surface area contributed by atoms with Crippen molar-refractivity contribution in [1.29, 1.82) is 0 Å². The normalized spacial score (nSPS) is 12.7. The van der Waals surface area contributed by atoms with Crippen LogP contribution < -0.4 is 0 Å². The first kappa shape index (κ1) is 54.9. The zero-order chi connectivity index (χ0) is 42.3. The van der Waals surface area contributed by atoms with Crippen molar-refractivity contribution in [2.45, 2.75) is 226 Å².